The standard InChI is InChI=1S/C30H42N4O2/c1-3-5-7-9-11-13-19-35-27-21-31-29(32-22-27)25-15-17-26(18-16-25)30-33-23-28(24-34-30)36-20-14-12-10-8-6-4-2/h15-18,21-24H,3-14,19-20H2,1-2H3. The van der Waals surface area contributed by atoms with Gasteiger partial charge in [0, 0.05) is 11.1 Å². The predicted octanol–water partition coefficient (Wildman–Crippen LogP) is 8.08. The van der Waals surface area contributed by atoms with Gasteiger partial charge in [0.25, 0.3) is 0 Å². The minimum Gasteiger partial charge on any atom is -0.490 e. The highest BCUT2D eigenvalue weighted by molar-refractivity contribution is 5.63. The van der Waals surface area contributed by atoms with E-state index in [4.69, 9.17) is 9.47 Å². The minimum absolute atomic E-state index is 0.674. The third kappa shape index (κ3) is 9.92. The first-order chi connectivity index (χ1) is 17.8. The zero-order chi connectivity index (χ0) is 25.3. The molecule has 0 amide bonds. The fourth-order valence-electron chi connectivity index (χ4n) is 3.99. The van der Waals surface area contributed by atoms with Gasteiger partial charge in [-0.3, -0.25) is 0 Å². The summed E-state index contributed by atoms with van der Waals surface area (Å²) in [6.07, 6.45) is 22.0. The van der Waals surface area contributed by atoms with Gasteiger partial charge in [0.05, 0.1) is 38.0 Å². The summed E-state index contributed by atoms with van der Waals surface area (Å²) in [6, 6.07) is 7.98. The first-order valence-corrected chi connectivity index (χ1v) is 13.8. The molecule has 194 valence electrons. The lowest BCUT2D eigenvalue weighted by atomic mass is 10.1. The topological polar surface area (TPSA) is 70.0 Å². The van der Waals surface area contributed by atoms with Crippen LogP contribution in [0.15, 0.2) is 49.1 Å². The van der Waals surface area contributed by atoms with Crippen LogP contribution in [-0.2, 0) is 0 Å². The molecule has 36 heavy (non-hydrogen) atoms. The molecule has 0 N–H and O–H groups in total. The summed E-state index contributed by atoms with van der Waals surface area (Å²) in [6.45, 7) is 5.91. The SMILES string of the molecule is CCCCCCCCOc1cnc(-c2ccc(-c3ncc(OCCCCCCCC)cn3)cc2)nc1. The number of hydrogen-bond donors (Lipinski definition) is 0. The molecule has 0 saturated heterocycles. The van der Waals surface area contributed by atoms with E-state index in [1.165, 1.54) is 64.2 Å². The van der Waals surface area contributed by atoms with E-state index >= 15 is 0 Å². The zero-order valence-corrected chi connectivity index (χ0v) is 22.1. The van der Waals surface area contributed by atoms with E-state index in [0.717, 1.165) is 35.5 Å². The van der Waals surface area contributed by atoms with E-state index in [1.54, 1.807) is 24.8 Å². The molecule has 0 aliphatic carbocycles. The summed E-state index contributed by atoms with van der Waals surface area (Å²) >= 11 is 0. The maximum absolute atomic E-state index is 5.79. The normalized spacial score (nSPS) is 10.9. The summed E-state index contributed by atoms with van der Waals surface area (Å²) in [4.78, 5) is 17.9. The van der Waals surface area contributed by atoms with E-state index in [-0.39, 0.29) is 0 Å². The number of nitrogens with zero attached hydrogens (tertiary/aromatic N) is 4. The van der Waals surface area contributed by atoms with Gasteiger partial charge in [-0.2, -0.15) is 0 Å². The van der Waals surface area contributed by atoms with E-state index in [9.17, 15) is 0 Å². The van der Waals surface area contributed by atoms with Crippen LogP contribution in [0.3, 0.4) is 0 Å². The summed E-state index contributed by atoms with van der Waals surface area (Å²) in [5, 5.41) is 0. The lowest BCUT2D eigenvalue weighted by molar-refractivity contribution is 0.302. The number of ether oxygens (including phenoxy) is 2. The Morgan fingerprint density at radius 1 is 0.472 bits per heavy atom. The summed E-state index contributed by atoms with van der Waals surface area (Å²) in [5.41, 5.74) is 1.89. The van der Waals surface area contributed by atoms with Crippen molar-refractivity contribution in [2.24, 2.45) is 0 Å². The van der Waals surface area contributed by atoms with Crippen molar-refractivity contribution in [2.45, 2.75) is 90.9 Å². The van der Waals surface area contributed by atoms with E-state index in [2.05, 4.69) is 33.8 Å². The van der Waals surface area contributed by atoms with E-state index < -0.39 is 0 Å². The van der Waals surface area contributed by atoms with Gasteiger partial charge in [0.2, 0.25) is 0 Å². The quantitative estimate of drug-likeness (QED) is 0.168. The Kier molecular flexibility index (Phi) is 12.7. The molecule has 0 fully saturated rings. The maximum atomic E-state index is 5.79. The van der Waals surface area contributed by atoms with Crippen molar-refractivity contribution in [3.05, 3.63) is 49.1 Å². The molecule has 3 rings (SSSR count). The van der Waals surface area contributed by atoms with Crippen LogP contribution >= 0.6 is 0 Å². The molecule has 0 saturated carbocycles. The molecule has 0 aliphatic heterocycles. The molecule has 0 bridgehead atoms. The molecule has 0 radical (unpaired) electrons. The Balaban J connectivity index is 1.41. The lowest BCUT2D eigenvalue weighted by Crippen LogP contribution is -1.99. The molecule has 1 aromatic carbocycles. The Labute approximate surface area is 216 Å². The van der Waals surface area contributed by atoms with Gasteiger partial charge in [0.1, 0.15) is 0 Å². The highest BCUT2D eigenvalue weighted by Crippen LogP contribution is 2.22. The third-order valence-electron chi connectivity index (χ3n) is 6.19. The molecule has 2 heterocycles. The summed E-state index contributed by atoms with van der Waals surface area (Å²) in [5.74, 6) is 2.79. The smallest absolute Gasteiger partial charge is 0.159 e. The van der Waals surface area contributed by atoms with Crippen molar-refractivity contribution in [3.63, 3.8) is 0 Å². The van der Waals surface area contributed by atoms with E-state index in [0.29, 0.717) is 24.9 Å². The first-order valence-electron chi connectivity index (χ1n) is 13.8. The molecule has 0 aliphatic rings. The maximum Gasteiger partial charge on any atom is 0.159 e. The fraction of sp³-hybridized carbons (Fsp3) is 0.533. The highest BCUT2D eigenvalue weighted by Gasteiger charge is 2.06. The van der Waals surface area contributed by atoms with Crippen LogP contribution in [0.2, 0.25) is 0 Å². The molecule has 0 atom stereocenters. The van der Waals surface area contributed by atoms with Crippen LogP contribution in [0.5, 0.6) is 11.5 Å². The van der Waals surface area contributed by atoms with Gasteiger partial charge >= 0.3 is 0 Å². The van der Waals surface area contributed by atoms with Gasteiger partial charge in [-0.05, 0) is 12.8 Å². The van der Waals surface area contributed by atoms with Gasteiger partial charge in [-0.25, -0.2) is 19.9 Å². The zero-order valence-electron chi connectivity index (χ0n) is 22.1. The minimum atomic E-state index is 0.674. The largest absolute Gasteiger partial charge is 0.490 e. The fourth-order valence-corrected chi connectivity index (χ4v) is 3.99. The number of benzene rings is 1. The number of aromatic nitrogens is 4. The highest BCUT2D eigenvalue weighted by atomic mass is 16.5. The van der Waals surface area contributed by atoms with Crippen molar-refractivity contribution in [1.82, 2.24) is 19.9 Å². The van der Waals surface area contributed by atoms with Crippen molar-refractivity contribution < 1.29 is 9.47 Å². The molecule has 2 aromatic heterocycles. The monoisotopic (exact) mass is 490 g/mol. The predicted molar refractivity (Wildman–Crippen MR) is 146 cm³/mol. The number of rotatable bonds is 18. The van der Waals surface area contributed by atoms with Crippen molar-refractivity contribution in [1.29, 1.82) is 0 Å². The van der Waals surface area contributed by atoms with Crippen LogP contribution < -0.4 is 9.47 Å². The third-order valence-corrected chi connectivity index (χ3v) is 6.19. The Hall–Kier alpha value is -3.02. The number of unbranched alkanes of at least 4 members (excludes halogenated alkanes) is 10. The Morgan fingerprint density at radius 3 is 1.17 bits per heavy atom. The van der Waals surface area contributed by atoms with Gasteiger partial charge in [-0.1, -0.05) is 102 Å². The van der Waals surface area contributed by atoms with Gasteiger partial charge in [-0.15, -0.1) is 0 Å². The lowest BCUT2D eigenvalue weighted by Gasteiger charge is -2.07. The van der Waals surface area contributed by atoms with Crippen molar-refractivity contribution in [2.75, 3.05) is 13.2 Å². The molecular weight excluding hydrogens is 448 g/mol. The summed E-state index contributed by atoms with van der Waals surface area (Å²) < 4.78 is 11.6. The molecule has 0 unspecified atom stereocenters. The first kappa shape index (κ1) is 27.6. The van der Waals surface area contributed by atoms with Crippen LogP contribution in [0.1, 0.15) is 90.9 Å². The number of hydrogen-bond acceptors (Lipinski definition) is 6. The molecule has 6 heteroatoms. The van der Waals surface area contributed by atoms with Crippen LogP contribution in [-0.4, -0.2) is 33.1 Å². The van der Waals surface area contributed by atoms with Crippen molar-refractivity contribution >= 4 is 0 Å². The summed E-state index contributed by atoms with van der Waals surface area (Å²) in [7, 11) is 0. The van der Waals surface area contributed by atoms with Crippen LogP contribution in [0, 0.1) is 0 Å². The van der Waals surface area contributed by atoms with Crippen molar-refractivity contribution in [3.8, 4) is 34.3 Å². The average molecular weight is 491 g/mol. The Bertz CT molecular complexity index is 879. The second-order valence-corrected chi connectivity index (χ2v) is 9.29. The second-order valence-electron chi connectivity index (χ2n) is 9.29. The van der Waals surface area contributed by atoms with Gasteiger partial charge < -0.3 is 9.47 Å². The van der Waals surface area contributed by atoms with Crippen LogP contribution in [0.25, 0.3) is 22.8 Å². The molecule has 6 nitrogen and oxygen atoms in total. The molecular formula is C30H42N4O2. The molecule has 0 spiro atoms. The van der Waals surface area contributed by atoms with Gasteiger partial charge in [0.15, 0.2) is 23.1 Å². The molecule has 3 aromatic rings. The van der Waals surface area contributed by atoms with Crippen LogP contribution in [0.4, 0.5) is 0 Å². The van der Waals surface area contributed by atoms with E-state index in [1.807, 2.05) is 24.3 Å². The average Bonchev–Trinajstić information content (AvgIpc) is 2.93. The second kappa shape index (κ2) is 16.6. The Morgan fingerprint density at radius 2 is 0.806 bits per heavy atom.